The first-order chi connectivity index (χ1) is 10.6. The maximum Gasteiger partial charge on any atom is 0.317 e. The van der Waals surface area contributed by atoms with Crippen LogP contribution in [0, 0.1) is 13.8 Å². The summed E-state index contributed by atoms with van der Waals surface area (Å²) in [6.45, 7) is 6.60. The summed E-state index contributed by atoms with van der Waals surface area (Å²) in [7, 11) is 0. The molecule has 0 radical (unpaired) electrons. The molecule has 2 aliphatic heterocycles. The Morgan fingerprint density at radius 2 is 2.05 bits per heavy atom. The summed E-state index contributed by atoms with van der Waals surface area (Å²) in [5.41, 5.74) is 1.68. The minimum Gasteiger partial charge on any atom is -0.361 e. The lowest BCUT2D eigenvalue weighted by atomic mass is 10.0. The third-order valence-corrected chi connectivity index (χ3v) is 4.66. The molecule has 7 nitrogen and oxygen atoms in total. The zero-order valence-electron chi connectivity index (χ0n) is 13.1. The zero-order chi connectivity index (χ0) is 15.7. The highest BCUT2D eigenvalue weighted by atomic mass is 16.5. The second-order valence-corrected chi connectivity index (χ2v) is 6.02. The quantitative estimate of drug-likeness (QED) is 0.898. The minimum atomic E-state index is 0.0282. The first kappa shape index (κ1) is 14.9. The van der Waals surface area contributed by atoms with Gasteiger partial charge in [0.2, 0.25) is 5.91 Å². The summed E-state index contributed by atoms with van der Waals surface area (Å²) in [6.07, 6.45) is 2.04. The summed E-state index contributed by atoms with van der Waals surface area (Å²) >= 11 is 0. The topological polar surface area (TPSA) is 78.7 Å². The van der Waals surface area contributed by atoms with E-state index in [1.54, 1.807) is 0 Å². The number of piperidine rings is 1. The molecule has 0 bridgehead atoms. The highest BCUT2D eigenvalue weighted by molar-refractivity contribution is 5.79. The molecule has 120 valence electrons. The van der Waals surface area contributed by atoms with Crippen molar-refractivity contribution in [2.75, 3.05) is 26.2 Å². The number of aryl methyl sites for hydroxylation is 2. The van der Waals surface area contributed by atoms with Crippen LogP contribution in [0.15, 0.2) is 4.52 Å². The molecule has 22 heavy (non-hydrogen) atoms. The lowest BCUT2D eigenvalue weighted by Crippen LogP contribution is -2.48. The van der Waals surface area contributed by atoms with E-state index in [2.05, 4.69) is 10.5 Å². The lowest BCUT2D eigenvalue weighted by Gasteiger charge is -2.36. The molecule has 0 unspecified atom stereocenters. The maximum absolute atomic E-state index is 12.4. The number of hydrogen-bond donors (Lipinski definition) is 1. The Bertz CT molecular complexity index is 556. The summed E-state index contributed by atoms with van der Waals surface area (Å²) < 4.78 is 5.11. The molecule has 0 saturated carbocycles. The molecule has 2 saturated heterocycles. The number of urea groups is 1. The highest BCUT2D eigenvalue weighted by Gasteiger charge is 2.32. The van der Waals surface area contributed by atoms with Crippen LogP contribution in [-0.4, -0.2) is 59.1 Å². The number of nitrogens with one attached hydrogen (secondary N) is 1. The number of hydrogen-bond acceptors (Lipinski definition) is 4. The lowest BCUT2D eigenvalue weighted by molar-refractivity contribution is -0.131. The second kappa shape index (κ2) is 5.98. The third-order valence-electron chi connectivity index (χ3n) is 4.66. The highest BCUT2D eigenvalue weighted by Crippen LogP contribution is 2.20. The van der Waals surface area contributed by atoms with Crippen LogP contribution in [0.5, 0.6) is 0 Å². The normalized spacial score (nSPS) is 19.6. The van der Waals surface area contributed by atoms with Crippen molar-refractivity contribution in [1.29, 1.82) is 0 Å². The summed E-state index contributed by atoms with van der Waals surface area (Å²) in [5, 5.41) is 6.72. The molecular formula is C15H22N4O3. The molecule has 2 aliphatic rings. The van der Waals surface area contributed by atoms with Gasteiger partial charge in [-0.25, -0.2) is 4.79 Å². The van der Waals surface area contributed by atoms with Crippen molar-refractivity contribution in [2.45, 2.75) is 39.2 Å². The Hall–Kier alpha value is -2.05. The van der Waals surface area contributed by atoms with Crippen LogP contribution in [-0.2, 0) is 11.2 Å². The maximum atomic E-state index is 12.4. The number of amides is 3. The van der Waals surface area contributed by atoms with Crippen LogP contribution in [0.2, 0.25) is 0 Å². The van der Waals surface area contributed by atoms with E-state index in [9.17, 15) is 9.59 Å². The van der Waals surface area contributed by atoms with Crippen LogP contribution in [0.25, 0.3) is 0 Å². The fourth-order valence-corrected chi connectivity index (χ4v) is 3.28. The van der Waals surface area contributed by atoms with Gasteiger partial charge in [-0.15, -0.1) is 0 Å². The van der Waals surface area contributed by atoms with Gasteiger partial charge in [-0.3, -0.25) is 4.79 Å². The number of aromatic nitrogens is 1. The molecular weight excluding hydrogens is 284 g/mol. The second-order valence-electron chi connectivity index (χ2n) is 6.02. The molecule has 3 heterocycles. The summed E-state index contributed by atoms with van der Waals surface area (Å²) in [4.78, 5) is 27.9. The van der Waals surface area contributed by atoms with Crippen LogP contribution in [0.4, 0.5) is 4.79 Å². The van der Waals surface area contributed by atoms with E-state index in [4.69, 9.17) is 4.52 Å². The van der Waals surface area contributed by atoms with Crippen molar-refractivity contribution in [3.63, 3.8) is 0 Å². The molecule has 1 aromatic rings. The van der Waals surface area contributed by atoms with Gasteiger partial charge >= 0.3 is 6.03 Å². The first-order valence-electron chi connectivity index (χ1n) is 7.80. The fraction of sp³-hybridized carbons (Fsp3) is 0.667. The van der Waals surface area contributed by atoms with Crippen LogP contribution in [0.3, 0.4) is 0 Å². The summed E-state index contributed by atoms with van der Waals surface area (Å²) in [6, 6.07) is 0.283. The van der Waals surface area contributed by atoms with Crippen LogP contribution in [0.1, 0.15) is 29.9 Å². The molecule has 7 heteroatoms. The van der Waals surface area contributed by atoms with Gasteiger partial charge < -0.3 is 19.6 Å². The molecule has 2 fully saturated rings. The molecule has 3 amide bonds. The average molecular weight is 306 g/mol. The van der Waals surface area contributed by atoms with E-state index < -0.39 is 0 Å². The van der Waals surface area contributed by atoms with E-state index in [1.807, 2.05) is 23.6 Å². The van der Waals surface area contributed by atoms with E-state index in [0.717, 1.165) is 42.9 Å². The van der Waals surface area contributed by atoms with E-state index in [0.29, 0.717) is 19.5 Å². The Morgan fingerprint density at radius 1 is 1.32 bits per heavy atom. The SMILES string of the molecule is Cc1noc(C)c1CC(=O)N1CCC(N2CCNC2=O)CC1. The molecule has 1 aromatic heterocycles. The largest absolute Gasteiger partial charge is 0.361 e. The monoisotopic (exact) mass is 306 g/mol. The Morgan fingerprint density at radius 3 is 2.59 bits per heavy atom. The van der Waals surface area contributed by atoms with Gasteiger partial charge in [0.1, 0.15) is 5.76 Å². The number of carbonyl (C=O) groups is 2. The fourth-order valence-electron chi connectivity index (χ4n) is 3.28. The van der Waals surface area contributed by atoms with Crippen molar-refractivity contribution in [3.8, 4) is 0 Å². The van der Waals surface area contributed by atoms with Gasteiger partial charge in [0.25, 0.3) is 0 Å². The number of rotatable bonds is 3. The van der Waals surface area contributed by atoms with E-state index in [-0.39, 0.29) is 18.0 Å². The third kappa shape index (κ3) is 2.80. The molecule has 3 rings (SSSR count). The van der Waals surface area contributed by atoms with E-state index in [1.165, 1.54) is 0 Å². The zero-order valence-corrected chi connectivity index (χ0v) is 13.1. The molecule has 0 aromatic carbocycles. The van der Waals surface area contributed by atoms with Crippen molar-refractivity contribution >= 4 is 11.9 Å². The van der Waals surface area contributed by atoms with Gasteiger partial charge in [0, 0.05) is 37.8 Å². The van der Waals surface area contributed by atoms with E-state index >= 15 is 0 Å². The average Bonchev–Trinajstić information content (AvgIpc) is 3.08. The van der Waals surface area contributed by atoms with Crippen LogP contribution >= 0.6 is 0 Å². The predicted octanol–water partition coefficient (Wildman–Crippen LogP) is 0.850. The molecule has 1 N–H and O–H groups in total. The van der Waals surface area contributed by atoms with Gasteiger partial charge in [-0.2, -0.15) is 0 Å². The van der Waals surface area contributed by atoms with Crippen molar-refractivity contribution < 1.29 is 14.1 Å². The smallest absolute Gasteiger partial charge is 0.317 e. The van der Waals surface area contributed by atoms with Crippen LogP contribution < -0.4 is 5.32 Å². The molecule has 0 atom stereocenters. The number of likely N-dealkylation sites (tertiary alicyclic amines) is 1. The van der Waals surface area contributed by atoms with Crippen molar-refractivity contribution in [1.82, 2.24) is 20.3 Å². The Kier molecular flexibility index (Phi) is 4.04. The Labute approximate surface area is 129 Å². The first-order valence-corrected chi connectivity index (χ1v) is 7.80. The van der Waals surface area contributed by atoms with Gasteiger partial charge in [-0.05, 0) is 26.7 Å². The molecule has 0 spiro atoms. The van der Waals surface area contributed by atoms with Crippen molar-refractivity contribution in [2.24, 2.45) is 0 Å². The number of carbonyl (C=O) groups excluding carboxylic acids is 2. The Balaban J connectivity index is 1.55. The van der Waals surface area contributed by atoms with Crippen molar-refractivity contribution in [3.05, 3.63) is 17.0 Å². The summed E-state index contributed by atoms with van der Waals surface area (Å²) in [5.74, 6) is 0.827. The van der Waals surface area contributed by atoms with Gasteiger partial charge in [0.15, 0.2) is 0 Å². The molecule has 0 aliphatic carbocycles. The standard InChI is InChI=1S/C15H22N4O3/c1-10-13(11(2)22-17-10)9-14(20)18-6-3-12(4-7-18)19-8-5-16-15(19)21/h12H,3-9H2,1-2H3,(H,16,21). The van der Waals surface area contributed by atoms with Gasteiger partial charge in [0.05, 0.1) is 12.1 Å². The van der Waals surface area contributed by atoms with Gasteiger partial charge in [-0.1, -0.05) is 5.16 Å². The number of nitrogens with zero attached hydrogens (tertiary/aromatic N) is 3. The predicted molar refractivity (Wildman–Crippen MR) is 79.4 cm³/mol. The minimum absolute atomic E-state index is 0.0282.